The Hall–Kier alpha value is -1.91. The molecule has 0 aliphatic carbocycles. The minimum Gasteiger partial charge on any atom is -0.497 e. The molecule has 2 aromatic rings. The molecule has 0 spiro atoms. The van der Waals surface area contributed by atoms with Crippen LogP contribution in [0.25, 0.3) is 0 Å². The molecule has 0 fully saturated rings. The summed E-state index contributed by atoms with van der Waals surface area (Å²) in [7, 11) is 1.63. The van der Waals surface area contributed by atoms with Gasteiger partial charge in [-0.05, 0) is 42.0 Å². The Bertz CT molecular complexity index is 572. The van der Waals surface area contributed by atoms with Crippen LogP contribution in [0.2, 0.25) is 5.02 Å². The van der Waals surface area contributed by atoms with Crippen LogP contribution in [0.5, 0.6) is 17.2 Å². The molecule has 0 aliphatic rings. The number of methoxy groups -OCH3 is 1. The van der Waals surface area contributed by atoms with Gasteiger partial charge in [0.15, 0.2) is 0 Å². The van der Waals surface area contributed by atoms with Gasteiger partial charge in [-0.3, -0.25) is 0 Å². The molecule has 0 radical (unpaired) electrons. The highest BCUT2D eigenvalue weighted by atomic mass is 35.5. The van der Waals surface area contributed by atoms with Crippen LogP contribution in [-0.4, -0.2) is 20.3 Å². The summed E-state index contributed by atoms with van der Waals surface area (Å²) in [5.41, 5.74) is 6.45. The fourth-order valence-electron chi connectivity index (χ4n) is 1.77. The number of rotatable bonds is 7. The Morgan fingerprint density at radius 1 is 0.905 bits per heavy atom. The first-order valence-corrected chi connectivity index (χ1v) is 6.99. The zero-order chi connectivity index (χ0) is 15.1. The second-order valence-electron chi connectivity index (χ2n) is 4.33. The van der Waals surface area contributed by atoms with E-state index in [2.05, 4.69) is 0 Å². The maximum atomic E-state index is 6.06. The monoisotopic (exact) mass is 307 g/mol. The van der Waals surface area contributed by atoms with Crippen LogP contribution in [0.3, 0.4) is 0 Å². The fraction of sp³-hybridized carbons (Fsp3) is 0.250. The van der Waals surface area contributed by atoms with Crippen LogP contribution >= 0.6 is 11.6 Å². The third-order valence-corrected chi connectivity index (χ3v) is 3.28. The zero-order valence-electron chi connectivity index (χ0n) is 11.8. The van der Waals surface area contributed by atoms with Crippen molar-refractivity contribution >= 4 is 11.6 Å². The van der Waals surface area contributed by atoms with Crippen molar-refractivity contribution in [1.82, 2.24) is 0 Å². The molecule has 2 rings (SSSR count). The first-order valence-electron chi connectivity index (χ1n) is 6.61. The molecule has 0 unspecified atom stereocenters. The standard InChI is InChI=1S/C16H18ClNO3/c1-19-13-4-6-14(7-5-13)20-8-9-21-15-3-2-12(11-18)16(17)10-15/h2-7,10H,8-9,11,18H2,1H3. The molecule has 2 aromatic carbocycles. The van der Waals surface area contributed by atoms with Gasteiger partial charge in [0.2, 0.25) is 0 Å². The summed E-state index contributed by atoms with van der Waals surface area (Å²) in [6.07, 6.45) is 0. The van der Waals surface area contributed by atoms with Crippen molar-refractivity contribution < 1.29 is 14.2 Å². The van der Waals surface area contributed by atoms with Crippen LogP contribution in [0.1, 0.15) is 5.56 Å². The summed E-state index contributed by atoms with van der Waals surface area (Å²) < 4.78 is 16.2. The lowest BCUT2D eigenvalue weighted by molar-refractivity contribution is 0.217. The Morgan fingerprint density at radius 3 is 2.05 bits per heavy atom. The van der Waals surface area contributed by atoms with Crippen molar-refractivity contribution in [3.63, 3.8) is 0 Å². The third-order valence-electron chi connectivity index (χ3n) is 2.92. The van der Waals surface area contributed by atoms with Crippen molar-refractivity contribution in [2.45, 2.75) is 6.54 Å². The van der Waals surface area contributed by atoms with E-state index in [0.717, 1.165) is 17.1 Å². The van der Waals surface area contributed by atoms with Crippen molar-refractivity contribution in [3.8, 4) is 17.2 Å². The van der Waals surface area contributed by atoms with Crippen molar-refractivity contribution in [2.75, 3.05) is 20.3 Å². The van der Waals surface area contributed by atoms with E-state index in [1.54, 1.807) is 13.2 Å². The highest BCUT2D eigenvalue weighted by Gasteiger charge is 2.01. The van der Waals surface area contributed by atoms with Gasteiger partial charge in [-0.2, -0.15) is 0 Å². The fourth-order valence-corrected chi connectivity index (χ4v) is 2.02. The minimum absolute atomic E-state index is 0.416. The first kappa shape index (κ1) is 15.5. The van der Waals surface area contributed by atoms with E-state index >= 15 is 0 Å². The van der Waals surface area contributed by atoms with E-state index in [0.29, 0.717) is 30.5 Å². The molecule has 0 saturated heterocycles. The smallest absolute Gasteiger partial charge is 0.122 e. The highest BCUT2D eigenvalue weighted by molar-refractivity contribution is 6.31. The number of nitrogens with two attached hydrogens (primary N) is 1. The normalized spacial score (nSPS) is 10.2. The van der Waals surface area contributed by atoms with Gasteiger partial charge in [-0.15, -0.1) is 0 Å². The van der Waals surface area contributed by atoms with Crippen LogP contribution in [0.4, 0.5) is 0 Å². The molecule has 2 N–H and O–H groups in total. The predicted molar refractivity (Wildman–Crippen MR) is 83.3 cm³/mol. The van der Waals surface area contributed by atoms with Crippen LogP contribution in [0, 0.1) is 0 Å². The molecular weight excluding hydrogens is 290 g/mol. The van der Waals surface area contributed by atoms with E-state index < -0.39 is 0 Å². The van der Waals surface area contributed by atoms with Crippen molar-refractivity contribution in [2.24, 2.45) is 5.73 Å². The van der Waals surface area contributed by atoms with Gasteiger partial charge in [-0.1, -0.05) is 17.7 Å². The van der Waals surface area contributed by atoms with Crippen molar-refractivity contribution in [1.29, 1.82) is 0 Å². The second kappa shape index (κ2) is 7.76. The number of hydrogen-bond acceptors (Lipinski definition) is 4. The van der Waals surface area contributed by atoms with Crippen LogP contribution in [-0.2, 0) is 6.54 Å². The summed E-state index contributed by atoms with van der Waals surface area (Å²) in [6.45, 7) is 1.30. The molecule has 21 heavy (non-hydrogen) atoms. The van der Waals surface area contributed by atoms with Gasteiger partial charge in [0.25, 0.3) is 0 Å². The summed E-state index contributed by atoms with van der Waals surface area (Å²) >= 11 is 6.06. The number of benzene rings is 2. The van der Waals surface area contributed by atoms with Gasteiger partial charge < -0.3 is 19.9 Å². The average Bonchev–Trinajstić information content (AvgIpc) is 2.52. The van der Waals surface area contributed by atoms with E-state index in [9.17, 15) is 0 Å². The van der Waals surface area contributed by atoms with Gasteiger partial charge in [0, 0.05) is 11.6 Å². The SMILES string of the molecule is COc1ccc(OCCOc2ccc(CN)c(Cl)c2)cc1. The summed E-state index contributed by atoms with van der Waals surface area (Å²) in [6, 6.07) is 12.9. The second-order valence-corrected chi connectivity index (χ2v) is 4.74. The summed E-state index contributed by atoms with van der Waals surface area (Å²) in [5.74, 6) is 2.28. The molecule has 0 atom stereocenters. The maximum absolute atomic E-state index is 6.06. The van der Waals surface area contributed by atoms with Crippen LogP contribution in [0.15, 0.2) is 42.5 Å². The quantitative estimate of drug-likeness (QED) is 0.798. The third kappa shape index (κ3) is 4.55. The van der Waals surface area contributed by atoms with Crippen LogP contribution < -0.4 is 19.9 Å². The van der Waals surface area contributed by atoms with Gasteiger partial charge in [-0.25, -0.2) is 0 Å². The molecule has 0 amide bonds. The number of halogens is 1. The van der Waals surface area contributed by atoms with E-state index in [1.807, 2.05) is 36.4 Å². The number of hydrogen-bond donors (Lipinski definition) is 1. The molecule has 0 aliphatic heterocycles. The summed E-state index contributed by atoms with van der Waals surface area (Å²) in [5, 5.41) is 0.617. The molecular formula is C16H18ClNO3. The molecule has 0 heterocycles. The molecule has 112 valence electrons. The molecule has 0 bridgehead atoms. The first-order chi connectivity index (χ1) is 10.2. The minimum atomic E-state index is 0.416. The lowest BCUT2D eigenvalue weighted by Crippen LogP contribution is -2.09. The molecule has 5 heteroatoms. The Labute approximate surface area is 129 Å². The Morgan fingerprint density at radius 2 is 1.48 bits per heavy atom. The summed E-state index contributed by atoms with van der Waals surface area (Å²) in [4.78, 5) is 0. The largest absolute Gasteiger partial charge is 0.497 e. The van der Waals surface area contributed by atoms with Crippen molar-refractivity contribution in [3.05, 3.63) is 53.1 Å². The van der Waals surface area contributed by atoms with E-state index in [-0.39, 0.29) is 0 Å². The Balaban J connectivity index is 1.77. The average molecular weight is 308 g/mol. The molecule has 0 aromatic heterocycles. The topological polar surface area (TPSA) is 53.7 Å². The highest BCUT2D eigenvalue weighted by Crippen LogP contribution is 2.22. The lowest BCUT2D eigenvalue weighted by atomic mass is 10.2. The zero-order valence-corrected chi connectivity index (χ0v) is 12.6. The number of ether oxygens (including phenoxy) is 3. The van der Waals surface area contributed by atoms with E-state index in [4.69, 9.17) is 31.5 Å². The molecule has 0 saturated carbocycles. The lowest BCUT2D eigenvalue weighted by Gasteiger charge is -2.10. The predicted octanol–water partition coefficient (Wildman–Crippen LogP) is 3.27. The Kier molecular flexibility index (Phi) is 5.72. The van der Waals surface area contributed by atoms with Gasteiger partial charge in [0.05, 0.1) is 7.11 Å². The van der Waals surface area contributed by atoms with E-state index in [1.165, 1.54) is 0 Å². The molecule has 4 nitrogen and oxygen atoms in total. The maximum Gasteiger partial charge on any atom is 0.122 e. The van der Waals surface area contributed by atoms with Gasteiger partial charge in [0.1, 0.15) is 30.5 Å². The van der Waals surface area contributed by atoms with Gasteiger partial charge >= 0.3 is 0 Å².